The fourth-order valence-corrected chi connectivity index (χ4v) is 3.65. The van der Waals surface area contributed by atoms with E-state index in [1.165, 1.54) is 50.6 Å². The van der Waals surface area contributed by atoms with E-state index < -0.39 is 0 Å². The van der Waals surface area contributed by atoms with Crippen LogP contribution < -0.4 is 5.73 Å². The molecule has 2 unspecified atom stereocenters. The molecule has 112 valence electrons. The average molecular weight is 274 g/mol. The molecule has 1 saturated carbocycles. The SMILES string of the molecule is CCCN(Cc1ccc(N)cc1)C1CCCCC1CC. The fraction of sp³-hybridized carbons (Fsp3) is 0.667. The predicted molar refractivity (Wildman–Crippen MR) is 87.6 cm³/mol. The van der Waals surface area contributed by atoms with Crippen molar-refractivity contribution in [3.63, 3.8) is 0 Å². The van der Waals surface area contributed by atoms with Gasteiger partial charge in [-0.2, -0.15) is 0 Å². The lowest BCUT2D eigenvalue weighted by atomic mass is 9.81. The number of nitrogen functional groups attached to an aromatic ring is 1. The van der Waals surface area contributed by atoms with Crippen molar-refractivity contribution in [1.29, 1.82) is 0 Å². The van der Waals surface area contributed by atoms with Crippen molar-refractivity contribution in [2.75, 3.05) is 12.3 Å². The summed E-state index contributed by atoms with van der Waals surface area (Å²) in [5.41, 5.74) is 8.05. The maximum Gasteiger partial charge on any atom is 0.0314 e. The predicted octanol–water partition coefficient (Wildman–Crippen LogP) is 4.45. The Morgan fingerprint density at radius 1 is 1.10 bits per heavy atom. The van der Waals surface area contributed by atoms with Crippen LogP contribution in [0.5, 0.6) is 0 Å². The lowest BCUT2D eigenvalue weighted by molar-refractivity contribution is 0.0939. The number of anilines is 1. The van der Waals surface area contributed by atoms with Crippen molar-refractivity contribution < 1.29 is 0 Å². The minimum Gasteiger partial charge on any atom is -0.399 e. The highest BCUT2D eigenvalue weighted by Gasteiger charge is 2.28. The van der Waals surface area contributed by atoms with Gasteiger partial charge in [-0.1, -0.05) is 45.2 Å². The van der Waals surface area contributed by atoms with Gasteiger partial charge in [0.2, 0.25) is 0 Å². The second-order valence-electron chi connectivity index (χ2n) is 6.23. The molecule has 0 amide bonds. The van der Waals surface area contributed by atoms with Crippen LogP contribution in [0.1, 0.15) is 57.9 Å². The first-order chi connectivity index (χ1) is 9.74. The van der Waals surface area contributed by atoms with Crippen molar-refractivity contribution in [2.45, 2.75) is 65.0 Å². The third kappa shape index (κ3) is 3.99. The number of hydrogen-bond acceptors (Lipinski definition) is 2. The minimum absolute atomic E-state index is 0.784. The zero-order valence-electron chi connectivity index (χ0n) is 13.1. The Balaban J connectivity index is 2.06. The van der Waals surface area contributed by atoms with Crippen LogP contribution in [-0.2, 0) is 6.54 Å². The summed E-state index contributed by atoms with van der Waals surface area (Å²) in [4.78, 5) is 2.72. The Labute approximate surface area is 124 Å². The van der Waals surface area contributed by atoms with E-state index in [0.29, 0.717) is 0 Å². The van der Waals surface area contributed by atoms with E-state index in [-0.39, 0.29) is 0 Å². The summed E-state index contributed by atoms with van der Waals surface area (Å²) in [6.45, 7) is 6.94. The van der Waals surface area contributed by atoms with Gasteiger partial charge in [0.25, 0.3) is 0 Å². The maximum absolute atomic E-state index is 5.79. The quantitative estimate of drug-likeness (QED) is 0.777. The molecule has 0 aromatic heterocycles. The summed E-state index contributed by atoms with van der Waals surface area (Å²) in [5, 5.41) is 0. The molecule has 1 aromatic rings. The molecule has 0 radical (unpaired) electrons. The standard InChI is InChI=1S/C18H30N2/c1-3-13-20(14-15-9-11-17(19)12-10-15)18-8-6-5-7-16(18)4-2/h9-12,16,18H,3-8,13-14,19H2,1-2H3. The topological polar surface area (TPSA) is 29.3 Å². The first-order valence-electron chi connectivity index (χ1n) is 8.33. The monoisotopic (exact) mass is 274 g/mol. The van der Waals surface area contributed by atoms with E-state index in [1.807, 2.05) is 12.1 Å². The van der Waals surface area contributed by atoms with Crippen LogP contribution in [0.15, 0.2) is 24.3 Å². The zero-order chi connectivity index (χ0) is 14.4. The van der Waals surface area contributed by atoms with Crippen LogP contribution in [0.4, 0.5) is 5.69 Å². The van der Waals surface area contributed by atoms with Crippen molar-refractivity contribution >= 4 is 5.69 Å². The molecule has 0 saturated heterocycles. The van der Waals surface area contributed by atoms with Gasteiger partial charge in [-0.3, -0.25) is 4.90 Å². The van der Waals surface area contributed by atoms with E-state index in [2.05, 4.69) is 30.9 Å². The van der Waals surface area contributed by atoms with Crippen LogP contribution in [0.25, 0.3) is 0 Å². The summed E-state index contributed by atoms with van der Waals surface area (Å²) in [7, 11) is 0. The molecule has 1 aliphatic carbocycles. The Morgan fingerprint density at radius 3 is 2.45 bits per heavy atom. The van der Waals surface area contributed by atoms with E-state index in [9.17, 15) is 0 Å². The molecule has 2 nitrogen and oxygen atoms in total. The van der Waals surface area contributed by atoms with Gasteiger partial charge in [0.1, 0.15) is 0 Å². The van der Waals surface area contributed by atoms with E-state index >= 15 is 0 Å². The van der Waals surface area contributed by atoms with E-state index in [0.717, 1.165) is 24.2 Å². The van der Waals surface area contributed by atoms with E-state index in [4.69, 9.17) is 5.73 Å². The molecule has 1 aliphatic rings. The van der Waals surface area contributed by atoms with Gasteiger partial charge in [0.15, 0.2) is 0 Å². The first kappa shape index (κ1) is 15.4. The minimum atomic E-state index is 0.784. The Bertz CT molecular complexity index is 385. The van der Waals surface area contributed by atoms with Gasteiger partial charge in [0.05, 0.1) is 0 Å². The van der Waals surface area contributed by atoms with Gasteiger partial charge in [0, 0.05) is 18.3 Å². The zero-order valence-corrected chi connectivity index (χ0v) is 13.1. The molecule has 1 aromatic carbocycles. The van der Waals surface area contributed by atoms with Gasteiger partial charge in [-0.15, -0.1) is 0 Å². The largest absolute Gasteiger partial charge is 0.399 e. The summed E-state index contributed by atoms with van der Waals surface area (Å²) in [5.74, 6) is 0.893. The highest BCUT2D eigenvalue weighted by molar-refractivity contribution is 5.39. The second kappa shape index (κ2) is 7.68. The highest BCUT2D eigenvalue weighted by Crippen LogP contribution is 2.31. The summed E-state index contributed by atoms with van der Waals surface area (Å²) in [6.07, 6.45) is 8.20. The number of benzene rings is 1. The first-order valence-corrected chi connectivity index (χ1v) is 8.33. The van der Waals surface area contributed by atoms with Crippen LogP contribution >= 0.6 is 0 Å². The molecule has 2 atom stereocenters. The van der Waals surface area contributed by atoms with Gasteiger partial charge in [-0.05, 0) is 49.4 Å². The molecular weight excluding hydrogens is 244 g/mol. The average Bonchev–Trinajstić information content (AvgIpc) is 2.49. The molecule has 2 heteroatoms. The van der Waals surface area contributed by atoms with Gasteiger partial charge < -0.3 is 5.73 Å². The molecule has 2 N–H and O–H groups in total. The van der Waals surface area contributed by atoms with Gasteiger partial charge in [-0.25, -0.2) is 0 Å². The summed E-state index contributed by atoms with van der Waals surface area (Å²) < 4.78 is 0. The number of rotatable bonds is 6. The molecule has 0 bridgehead atoms. The van der Waals surface area contributed by atoms with Crippen molar-refractivity contribution in [1.82, 2.24) is 4.90 Å². The molecule has 0 spiro atoms. The van der Waals surface area contributed by atoms with Crippen LogP contribution in [0, 0.1) is 5.92 Å². The van der Waals surface area contributed by atoms with Crippen molar-refractivity contribution in [3.8, 4) is 0 Å². The van der Waals surface area contributed by atoms with Crippen LogP contribution in [0.2, 0.25) is 0 Å². The lowest BCUT2D eigenvalue weighted by Gasteiger charge is -2.40. The Morgan fingerprint density at radius 2 is 1.80 bits per heavy atom. The number of nitrogens with two attached hydrogens (primary N) is 1. The molecule has 2 rings (SSSR count). The third-order valence-electron chi connectivity index (χ3n) is 4.74. The van der Waals surface area contributed by atoms with Gasteiger partial charge >= 0.3 is 0 Å². The smallest absolute Gasteiger partial charge is 0.0314 e. The third-order valence-corrected chi connectivity index (χ3v) is 4.74. The molecule has 20 heavy (non-hydrogen) atoms. The highest BCUT2D eigenvalue weighted by atomic mass is 15.2. The van der Waals surface area contributed by atoms with E-state index in [1.54, 1.807) is 0 Å². The number of hydrogen-bond donors (Lipinski definition) is 1. The number of nitrogens with zero attached hydrogens (tertiary/aromatic N) is 1. The maximum atomic E-state index is 5.79. The molecule has 0 heterocycles. The summed E-state index contributed by atoms with van der Waals surface area (Å²) in [6, 6.07) is 9.20. The normalized spacial score (nSPS) is 23.1. The molecule has 0 aliphatic heterocycles. The van der Waals surface area contributed by atoms with Crippen LogP contribution in [-0.4, -0.2) is 17.5 Å². The Hall–Kier alpha value is -1.02. The molecular formula is C18H30N2. The lowest BCUT2D eigenvalue weighted by Crippen LogP contribution is -2.42. The van der Waals surface area contributed by atoms with Crippen molar-refractivity contribution in [3.05, 3.63) is 29.8 Å². The summed E-state index contributed by atoms with van der Waals surface area (Å²) >= 11 is 0. The second-order valence-corrected chi connectivity index (χ2v) is 6.23. The van der Waals surface area contributed by atoms with Crippen molar-refractivity contribution in [2.24, 2.45) is 5.92 Å². The van der Waals surface area contributed by atoms with Crippen LogP contribution in [0.3, 0.4) is 0 Å². The molecule has 1 fully saturated rings. The Kier molecular flexibility index (Phi) is 5.90. The fourth-order valence-electron chi connectivity index (χ4n) is 3.65.